The van der Waals surface area contributed by atoms with Crippen LogP contribution in [0.3, 0.4) is 0 Å². The van der Waals surface area contributed by atoms with E-state index in [-0.39, 0.29) is 0 Å². The number of aryl methyl sites for hydroxylation is 1. The second-order valence-electron chi connectivity index (χ2n) is 5.98. The number of unbranched alkanes of at least 4 members (excludes halogenated alkanes) is 3. The average molecular weight is 363 g/mol. The van der Waals surface area contributed by atoms with E-state index in [1.807, 2.05) is 12.5 Å². The van der Waals surface area contributed by atoms with Crippen LogP contribution >= 0.6 is 0 Å². The number of nitrogens with zero attached hydrogens (tertiary/aromatic N) is 3. The Morgan fingerprint density at radius 3 is 2.48 bits per heavy atom. The highest BCUT2D eigenvalue weighted by molar-refractivity contribution is 7.90. The number of imidazole rings is 1. The first-order valence-electron chi connectivity index (χ1n) is 8.37. The maximum Gasteiger partial charge on any atom is 0.175 e. The number of rotatable bonds is 10. The van der Waals surface area contributed by atoms with Gasteiger partial charge < -0.3 is 9.40 Å². The molecule has 1 aromatic carbocycles. The van der Waals surface area contributed by atoms with Crippen LogP contribution in [0.5, 0.6) is 0 Å². The van der Waals surface area contributed by atoms with E-state index in [1.165, 1.54) is 13.4 Å². The Labute approximate surface area is 149 Å². The molecule has 0 radical (unpaired) electrons. The molecule has 0 saturated heterocycles. The van der Waals surface area contributed by atoms with Crippen molar-refractivity contribution in [3.05, 3.63) is 48.5 Å². The minimum atomic E-state index is -3.18. The molecule has 0 bridgehead atoms. The molecule has 25 heavy (non-hydrogen) atoms. The molecule has 0 amide bonds. The van der Waals surface area contributed by atoms with Gasteiger partial charge in [0.25, 0.3) is 0 Å². The van der Waals surface area contributed by atoms with Crippen molar-refractivity contribution >= 4 is 15.5 Å². The predicted molar refractivity (Wildman–Crippen MR) is 98.4 cm³/mol. The maximum absolute atomic E-state index is 11.5. The summed E-state index contributed by atoms with van der Waals surface area (Å²) in [6, 6.07) is 6.79. The molecule has 6 nitrogen and oxygen atoms in total. The second-order valence-corrected chi connectivity index (χ2v) is 8.00. The highest BCUT2D eigenvalue weighted by atomic mass is 32.2. The van der Waals surface area contributed by atoms with E-state index in [9.17, 15) is 8.42 Å². The molecule has 0 unspecified atom stereocenters. The van der Waals surface area contributed by atoms with Crippen molar-refractivity contribution < 1.29 is 13.3 Å². The summed E-state index contributed by atoms with van der Waals surface area (Å²) < 4.78 is 25.2. The normalized spacial score (nSPS) is 12.3. The molecule has 0 atom stereocenters. The summed E-state index contributed by atoms with van der Waals surface area (Å²) in [6.07, 6.45) is 12.0. The van der Waals surface area contributed by atoms with Gasteiger partial charge in [-0.15, -0.1) is 0 Å². The zero-order chi connectivity index (χ0) is 18.1. The van der Waals surface area contributed by atoms with Gasteiger partial charge in [0.1, 0.15) is 7.11 Å². The van der Waals surface area contributed by atoms with Gasteiger partial charge in [0.2, 0.25) is 0 Å². The Kier molecular flexibility index (Phi) is 7.18. The molecule has 0 aliphatic heterocycles. The topological polar surface area (TPSA) is 73.5 Å². The van der Waals surface area contributed by atoms with E-state index in [0.29, 0.717) is 4.90 Å². The summed E-state index contributed by atoms with van der Waals surface area (Å²) in [6.45, 7) is 0.992. The standard InChI is InChI=1S/C18H25N3O3S/c1-24-20-18(16-8-10-17(11-9-16)25(2,22)23)7-5-3-4-6-13-21-14-12-19-15-21/h8-12,14-15H,3-7,13H2,1-2H3. The third-order valence-electron chi connectivity index (χ3n) is 3.96. The van der Waals surface area contributed by atoms with Gasteiger partial charge in [0.05, 0.1) is 16.9 Å². The Hall–Kier alpha value is -2.15. The lowest BCUT2D eigenvalue weighted by Crippen LogP contribution is -2.04. The van der Waals surface area contributed by atoms with Crippen molar-refractivity contribution in [2.45, 2.75) is 43.5 Å². The number of hydrogen-bond acceptors (Lipinski definition) is 5. The molecule has 2 rings (SSSR count). The van der Waals surface area contributed by atoms with Gasteiger partial charge in [0, 0.05) is 25.2 Å². The van der Waals surface area contributed by atoms with E-state index in [0.717, 1.165) is 49.9 Å². The molecule has 0 fully saturated rings. The van der Waals surface area contributed by atoms with E-state index in [2.05, 4.69) is 14.7 Å². The fraction of sp³-hybridized carbons (Fsp3) is 0.444. The van der Waals surface area contributed by atoms with Crippen molar-refractivity contribution in [2.75, 3.05) is 13.4 Å². The summed E-state index contributed by atoms with van der Waals surface area (Å²) in [7, 11) is -1.66. The second kappa shape index (κ2) is 9.36. The van der Waals surface area contributed by atoms with Gasteiger partial charge in [-0.05, 0) is 37.0 Å². The molecule has 136 valence electrons. The summed E-state index contributed by atoms with van der Waals surface area (Å²) in [5.74, 6) is 0. The lowest BCUT2D eigenvalue weighted by Gasteiger charge is -2.07. The first-order chi connectivity index (χ1) is 12.0. The van der Waals surface area contributed by atoms with Crippen molar-refractivity contribution in [3.63, 3.8) is 0 Å². The fourth-order valence-corrected chi connectivity index (χ4v) is 3.24. The summed E-state index contributed by atoms with van der Waals surface area (Å²) in [4.78, 5) is 9.29. The summed E-state index contributed by atoms with van der Waals surface area (Å²) >= 11 is 0. The largest absolute Gasteiger partial charge is 0.399 e. The number of sulfone groups is 1. The van der Waals surface area contributed by atoms with Crippen LogP contribution in [0.15, 0.2) is 53.0 Å². The highest BCUT2D eigenvalue weighted by Gasteiger charge is 2.09. The van der Waals surface area contributed by atoms with Crippen molar-refractivity contribution in [1.82, 2.24) is 9.55 Å². The van der Waals surface area contributed by atoms with E-state index >= 15 is 0 Å². The third-order valence-corrected chi connectivity index (χ3v) is 5.08. The van der Waals surface area contributed by atoms with Gasteiger partial charge in [-0.25, -0.2) is 13.4 Å². The van der Waals surface area contributed by atoms with Crippen LogP contribution in [0.25, 0.3) is 0 Å². The monoisotopic (exact) mass is 363 g/mol. The van der Waals surface area contributed by atoms with E-state index in [1.54, 1.807) is 30.5 Å². The minimum Gasteiger partial charge on any atom is -0.399 e. The molecule has 7 heteroatoms. The zero-order valence-electron chi connectivity index (χ0n) is 14.8. The maximum atomic E-state index is 11.5. The van der Waals surface area contributed by atoms with Crippen molar-refractivity contribution in [3.8, 4) is 0 Å². The van der Waals surface area contributed by atoms with Gasteiger partial charge in [0.15, 0.2) is 9.84 Å². The fourth-order valence-electron chi connectivity index (χ4n) is 2.61. The molecule has 0 saturated carbocycles. The number of benzene rings is 1. The highest BCUT2D eigenvalue weighted by Crippen LogP contribution is 2.15. The summed E-state index contributed by atoms with van der Waals surface area (Å²) in [5, 5.41) is 4.10. The molecule has 0 aliphatic rings. The number of hydrogen-bond donors (Lipinski definition) is 0. The Balaban J connectivity index is 1.81. The van der Waals surface area contributed by atoms with Gasteiger partial charge in [-0.2, -0.15) is 0 Å². The third kappa shape index (κ3) is 6.34. The SMILES string of the molecule is CON=C(CCCCCCn1ccnc1)c1ccc(S(C)(=O)=O)cc1. The minimum absolute atomic E-state index is 0.313. The molecule has 0 spiro atoms. The molecule has 1 heterocycles. The lowest BCUT2D eigenvalue weighted by atomic mass is 10.0. The van der Waals surface area contributed by atoms with Crippen LogP contribution in [0.1, 0.15) is 37.7 Å². The molecule has 0 aliphatic carbocycles. The average Bonchev–Trinajstić information content (AvgIpc) is 3.10. The number of aromatic nitrogens is 2. The van der Waals surface area contributed by atoms with Gasteiger partial charge >= 0.3 is 0 Å². The van der Waals surface area contributed by atoms with Gasteiger partial charge in [-0.1, -0.05) is 30.1 Å². The smallest absolute Gasteiger partial charge is 0.175 e. The van der Waals surface area contributed by atoms with Crippen LogP contribution in [-0.2, 0) is 21.2 Å². The first kappa shape index (κ1) is 19.2. The predicted octanol–water partition coefficient (Wildman–Crippen LogP) is 3.29. The van der Waals surface area contributed by atoms with Gasteiger partial charge in [-0.3, -0.25) is 0 Å². The van der Waals surface area contributed by atoms with Crippen LogP contribution in [0, 0.1) is 0 Å². The molecule has 0 N–H and O–H groups in total. The van der Waals surface area contributed by atoms with E-state index < -0.39 is 9.84 Å². The Morgan fingerprint density at radius 2 is 1.88 bits per heavy atom. The van der Waals surface area contributed by atoms with Crippen LogP contribution in [0.2, 0.25) is 0 Å². The molecular weight excluding hydrogens is 338 g/mol. The zero-order valence-corrected chi connectivity index (χ0v) is 15.6. The van der Waals surface area contributed by atoms with Crippen LogP contribution < -0.4 is 0 Å². The van der Waals surface area contributed by atoms with Crippen molar-refractivity contribution in [2.24, 2.45) is 5.16 Å². The molecule has 1 aromatic heterocycles. The quantitative estimate of drug-likeness (QED) is 0.369. The number of oxime groups is 1. The Morgan fingerprint density at radius 1 is 1.16 bits per heavy atom. The molecular formula is C18H25N3O3S. The summed E-state index contributed by atoms with van der Waals surface area (Å²) in [5.41, 5.74) is 1.74. The first-order valence-corrected chi connectivity index (χ1v) is 10.3. The Bertz CT molecular complexity index is 766. The van der Waals surface area contributed by atoms with Crippen LogP contribution in [0.4, 0.5) is 0 Å². The molecule has 2 aromatic rings. The van der Waals surface area contributed by atoms with Crippen LogP contribution in [-0.4, -0.2) is 37.0 Å². The van der Waals surface area contributed by atoms with E-state index in [4.69, 9.17) is 4.84 Å². The van der Waals surface area contributed by atoms with Crippen molar-refractivity contribution in [1.29, 1.82) is 0 Å². The lowest BCUT2D eigenvalue weighted by molar-refractivity contribution is 0.212.